The zero-order valence-electron chi connectivity index (χ0n) is 12.3. The molecule has 3 rings (SSSR count). The van der Waals surface area contributed by atoms with Gasteiger partial charge in [-0.1, -0.05) is 18.2 Å². The maximum absolute atomic E-state index is 12.5. The van der Waals surface area contributed by atoms with Gasteiger partial charge in [0.15, 0.2) is 0 Å². The topological polar surface area (TPSA) is 76.0 Å². The zero-order valence-corrected chi connectivity index (χ0v) is 12.3. The van der Waals surface area contributed by atoms with Crippen LogP contribution in [-0.2, 0) is 16.1 Å². The summed E-state index contributed by atoms with van der Waals surface area (Å²) in [5, 5.41) is 9.90. The van der Waals surface area contributed by atoms with E-state index < -0.39 is 5.92 Å². The van der Waals surface area contributed by atoms with Gasteiger partial charge >= 0.3 is 0 Å². The fourth-order valence-electron chi connectivity index (χ4n) is 2.72. The van der Waals surface area contributed by atoms with Crippen LogP contribution in [0.1, 0.15) is 24.8 Å². The Labute approximate surface area is 128 Å². The molecule has 6 nitrogen and oxygen atoms in total. The van der Waals surface area contributed by atoms with Crippen LogP contribution in [0.15, 0.2) is 42.7 Å². The Morgan fingerprint density at radius 1 is 1.45 bits per heavy atom. The van der Waals surface area contributed by atoms with Gasteiger partial charge in [0, 0.05) is 30.5 Å². The fraction of sp³-hybridized carbons (Fsp3) is 0.312. The minimum atomic E-state index is -0.440. The molecule has 0 saturated carbocycles. The molecule has 0 aliphatic carbocycles. The number of carbonyl (C=O) groups excluding carboxylic acids is 2. The van der Waals surface area contributed by atoms with E-state index in [0.717, 1.165) is 11.3 Å². The maximum Gasteiger partial charge on any atom is 0.228 e. The van der Waals surface area contributed by atoms with Crippen LogP contribution in [0, 0.1) is 0 Å². The summed E-state index contributed by atoms with van der Waals surface area (Å²) in [7, 11) is 0. The highest BCUT2D eigenvalue weighted by atomic mass is 16.2. The van der Waals surface area contributed by atoms with Crippen molar-refractivity contribution < 1.29 is 9.59 Å². The van der Waals surface area contributed by atoms with Crippen molar-refractivity contribution in [2.75, 3.05) is 5.32 Å². The monoisotopic (exact) mass is 298 g/mol. The second-order valence-corrected chi connectivity index (χ2v) is 5.53. The average molecular weight is 298 g/mol. The molecule has 1 aromatic heterocycles. The first-order valence-corrected chi connectivity index (χ1v) is 7.30. The highest BCUT2D eigenvalue weighted by Gasteiger charge is 2.30. The number of carbonyl (C=O) groups is 2. The van der Waals surface area contributed by atoms with E-state index in [2.05, 4.69) is 15.7 Å². The quantitative estimate of drug-likeness (QED) is 0.898. The summed E-state index contributed by atoms with van der Waals surface area (Å²) >= 11 is 0. The molecule has 0 spiro atoms. The SMILES string of the molecule is C[C@@H](Cn1cccn1)NC(=O)[C@H]1CC(=O)Nc2ccccc21. The third-order valence-electron chi connectivity index (χ3n) is 3.73. The molecule has 1 aromatic carbocycles. The van der Waals surface area contributed by atoms with Crippen molar-refractivity contribution in [3.63, 3.8) is 0 Å². The maximum atomic E-state index is 12.5. The third-order valence-corrected chi connectivity index (χ3v) is 3.73. The van der Waals surface area contributed by atoms with E-state index in [1.54, 1.807) is 10.9 Å². The highest BCUT2D eigenvalue weighted by Crippen LogP contribution is 2.32. The Kier molecular flexibility index (Phi) is 3.91. The molecule has 0 radical (unpaired) electrons. The van der Waals surface area contributed by atoms with Gasteiger partial charge in [0.25, 0.3) is 0 Å². The van der Waals surface area contributed by atoms with Crippen LogP contribution in [0.5, 0.6) is 0 Å². The van der Waals surface area contributed by atoms with Gasteiger partial charge in [-0.25, -0.2) is 0 Å². The van der Waals surface area contributed by atoms with Crippen molar-refractivity contribution >= 4 is 17.5 Å². The minimum absolute atomic E-state index is 0.0652. The standard InChI is InChI=1S/C16H18N4O2/c1-11(10-20-8-4-7-17-20)18-16(22)13-9-15(21)19-14-6-3-2-5-12(13)14/h2-8,11,13H,9-10H2,1H3,(H,18,22)(H,19,21)/t11-,13-/m0/s1. The van der Waals surface area contributed by atoms with Crippen molar-refractivity contribution in [3.05, 3.63) is 48.3 Å². The normalized spacial score (nSPS) is 18.2. The second-order valence-electron chi connectivity index (χ2n) is 5.53. The van der Waals surface area contributed by atoms with Crippen LogP contribution in [0.25, 0.3) is 0 Å². The summed E-state index contributed by atoms with van der Waals surface area (Å²) in [5.41, 5.74) is 1.59. The number of aromatic nitrogens is 2. The molecule has 6 heteroatoms. The molecule has 0 fully saturated rings. The number of hydrogen-bond donors (Lipinski definition) is 2. The first kappa shape index (κ1) is 14.3. The van der Waals surface area contributed by atoms with Crippen LogP contribution in [0.4, 0.5) is 5.69 Å². The number of para-hydroxylation sites is 1. The molecular formula is C16H18N4O2. The Balaban J connectivity index is 1.71. The summed E-state index contributed by atoms with van der Waals surface area (Å²) in [6.07, 6.45) is 3.74. The minimum Gasteiger partial charge on any atom is -0.351 e. The lowest BCUT2D eigenvalue weighted by Gasteiger charge is -2.26. The summed E-state index contributed by atoms with van der Waals surface area (Å²) in [6.45, 7) is 2.52. The third kappa shape index (κ3) is 3.00. The second kappa shape index (κ2) is 6.01. The van der Waals surface area contributed by atoms with Gasteiger partial charge in [-0.15, -0.1) is 0 Å². The zero-order chi connectivity index (χ0) is 15.5. The van der Waals surface area contributed by atoms with Gasteiger partial charge < -0.3 is 10.6 Å². The van der Waals surface area contributed by atoms with E-state index >= 15 is 0 Å². The number of hydrogen-bond acceptors (Lipinski definition) is 3. The van der Waals surface area contributed by atoms with E-state index in [-0.39, 0.29) is 24.3 Å². The van der Waals surface area contributed by atoms with E-state index in [1.165, 1.54) is 0 Å². The summed E-state index contributed by atoms with van der Waals surface area (Å²) in [5.74, 6) is -0.689. The molecule has 1 aliphatic rings. The van der Waals surface area contributed by atoms with Crippen molar-refractivity contribution in [3.8, 4) is 0 Å². The number of benzene rings is 1. The first-order chi connectivity index (χ1) is 10.6. The van der Waals surface area contributed by atoms with Gasteiger partial charge in [0.1, 0.15) is 0 Å². The summed E-state index contributed by atoms with van der Waals surface area (Å²) < 4.78 is 1.77. The van der Waals surface area contributed by atoms with Crippen molar-refractivity contribution in [2.45, 2.75) is 31.8 Å². The van der Waals surface area contributed by atoms with Gasteiger partial charge in [0.2, 0.25) is 11.8 Å². The molecule has 2 amide bonds. The molecule has 22 heavy (non-hydrogen) atoms. The Morgan fingerprint density at radius 2 is 2.27 bits per heavy atom. The predicted octanol–water partition coefficient (Wildman–Crippen LogP) is 1.51. The van der Waals surface area contributed by atoms with Gasteiger partial charge in [-0.05, 0) is 24.6 Å². The molecule has 0 saturated heterocycles. The van der Waals surface area contributed by atoms with Crippen molar-refractivity contribution in [2.24, 2.45) is 0 Å². The lowest BCUT2D eigenvalue weighted by molar-refractivity contribution is -0.126. The molecule has 2 heterocycles. The number of rotatable bonds is 4. The molecule has 0 unspecified atom stereocenters. The smallest absolute Gasteiger partial charge is 0.228 e. The number of nitrogens with zero attached hydrogens (tertiary/aromatic N) is 2. The van der Waals surface area contributed by atoms with Crippen LogP contribution >= 0.6 is 0 Å². The van der Waals surface area contributed by atoms with Crippen molar-refractivity contribution in [1.29, 1.82) is 0 Å². The molecule has 0 bridgehead atoms. The Bertz CT molecular complexity index is 681. The number of nitrogens with one attached hydrogen (secondary N) is 2. The number of amides is 2. The molecule has 1 aliphatic heterocycles. The van der Waals surface area contributed by atoms with Crippen LogP contribution in [0.2, 0.25) is 0 Å². The fourth-order valence-corrected chi connectivity index (χ4v) is 2.72. The van der Waals surface area contributed by atoms with E-state index in [4.69, 9.17) is 0 Å². The van der Waals surface area contributed by atoms with Gasteiger partial charge in [-0.2, -0.15) is 5.10 Å². The number of anilines is 1. The molecule has 114 valence electrons. The molecular weight excluding hydrogens is 280 g/mol. The summed E-state index contributed by atoms with van der Waals surface area (Å²) in [4.78, 5) is 24.3. The lowest BCUT2D eigenvalue weighted by Crippen LogP contribution is -2.41. The van der Waals surface area contributed by atoms with Crippen LogP contribution in [-0.4, -0.2) is 27.6 Å². The Morgan fingerprint density at radius 3 is 3.05 bits per heavy atom. The highest BCUT2D eigenvalue weighted by molar-refractivity contribution is 6.01. The largest absolute Gasteiger partial charge is 0.351 e. The Hall–Kier alpha value is -2.63. The summed E-state index contributed by atoms with van der Waals surface area (Å²) in [6, 6.07) is 9.21. The van der Waals surface area contributed by atoms with E-state index in [9.17, 15) is 9.59 Å². The first-order valence-electron chi connectivity index (χ1n) is 7.30. The molecule has 2 atom stereocenters. The van der Waals surface area contributed by atoms with E-state index in [1.807, 2.05) is 43.5 Å². The predicted molar refractivity (Wildman–Crippen MR) is 82.3 cm³/mol. The number of fused-ring (bicyclic) bond motifs is 1. The van der Waals surface area contributed by atoms with Gasteiger partial charge in [-0.3, -0.25) is 14.3 Å². The average Bonchev–Trinajstić information content (AvgIpc) is 2.98. The van der Waals surface area contributed by atoms with E-state index in [0.29, 0.717) is 6.54 Å². The van der Waals surface area contributed by atoms with Gasteiger partial charge in [0.05, 0.1) is 12.5 Å². The van der Waals surface area contributed by atoms with Crippen LogP contribution < -0.4 is 10.6 Å². The van der Waals surface area contributed by atoms with Crippen LogP contribution in [0.3, 0.4) is 0 Å². The molecule has 2 aromatic rings. The van der Waals surface area contributed by atoms with Crippen molar-refractivity contribution in [1.82, 2.24) is 15.1 Å². The molecule has 2 N–H and O–H groups in total. The lowest BCUT2D eigenvalue weighted by atomic mass is 9.89.